The highest BCUT2D eigenvalue weighted by Crippen LogP contribution is 2.26. The molecule has 0 saturated heterocycles. The Balaban J connectivity index is 2.63. The molecule has 0 saturated carbocycles. The van der Waals surface area contributed by atoms with E-state index in [1.807, 2.05) is 13.8 Å². The minimum absolute atomic E-state index is 0.0512. The van der Waals surface area contributed by atoms with E-state index in [0.717, 1.165) is 0 Å². The Hall–Kier alpha value is -1.76. The predicted molar refractivity (Wildman–Crippen MR) is 84.1 cm³/mol. The van der Waals surface area contributed by atoms with Gasteiger partial charge in [0.05, 0.1) is 24.3 Å². The third-order valence-corrected chi connectivity index (χ3v) is 4.73. The van der Waals surface area contributed by atoms with Crippen LogP contribution in [0.25, 0.3) is 0 Å². The predicted octanol–water partition coefficient (Wildman–Crippen LogP) is 1.68. The number of benzene rings is 1. The van der Waals surface area contributed by atoms with E-state index in [0.29, 0.717) is 17.1 Å². The highest BCUT2D eigenvalue weighted by molar-refractivity contribution is 7.91. The summed E-state index contributed by atoms with van der Waals surface area (Å²) in [6.45, 7) is 3.66. The number of nitrogens with two attached hydrogens (primary N) is 1. The van der Waals surface area contributed by atoms with Gasteiger partial charge in [-0.1, -0.05) is 13.8 Å². The third kappa shape index (κ3) is 6.03. The van der Waals surface area contributed by atoms with Gasteiger partial charge in [-0.05, 0) is 18.1 Å². The van der Waals surface area contributed by atoms with E-state index in [9.17, 15) is 13.2 Å². The van der Waals surface area contributed by atoms with E-state index in [-0.39, 0.29) is 29.8 Å². The van der Waals surface area contributed by atoms with Gasteiger partial charge in [-0.2, -0.15) is 0 Å². The standard InChI is InChI=1S/C14H22N2O4S/c1-10(2)9-21(18,19)7-6-14(17)16-12-5-4-11(15)8-13(12)20-3/h4-5,8,10H,6-7,9,15H2,1-3H3,(H,16,17). The first kappa shape index (κ1) is 17.3. The van der Waals surface area contributed by atoms with Crippen LogP contribution in [0, 0.1) is 5.92 Å². The number of hydrogen-bond donors (Lipinski definition) is 2. The van der Waals surface area contributed by atoms with Gasteiger partial charge in [0, 0.05) is 18.2 Å². The molecule has 0 unspecified atom stereocenters. The van der Waals surface area contributed by atoms with Crippen LogP contribution in [0.2, 0.25) is 0 Å². The first-order chi connectivity index (χ1) is 9.73. The summed E-state index contributed by atoms with van der Waals surface area (Å²) in [4.78, 5) is 11.8. The molecule has 0 radical (unpaired) electrons. The quantitative estimate of drug-likeness (QED) is 0.746. The molecule has 0 aliphatic carbocycles. The fraction of sp³-hybridized carbons (Fsp3) is 0.500. The molecule has 21 heavy (non-hydrogen) atoms. The minimum atomic E-state index is -3.20. The molecule has 0 bridgehead atoms. The van der Waals surface area contributed by atoms with Crippen LogP contribution in [0.5, 0.6) is 5.75 Å². The maximum atomic E-state index is 11.8. The second kappa shape index (κ2) is 7.31. The van der Waals surface area contributed by atoms with Crippen molar-refractivity contribution in [1.29, 1.82) is 0 Å². The van der Waals surface area contributed by atoms with E-state index < -0.39 is 9.84 Å². The van der Waals surface area contributed by atoms with Gasteiger partial charge in [0.25, 0.3) is 0 Å². The van der Waals surface area contributed by atoms with Gasteiger partial charge in [0.2, 0.25) is 5.91 Å². The lowest BCUT2D eigenvalue weighted by Gasteiger charge is -2.11. The molecule has 0 fully saturated rings. The van der Waals surface area contributed by atoms with Crippen LogP contribution >= 0.6 is 0 Å². The number of hydrogen-bond acceptors (Lipinski definition) is 5. The monoisotopic (exact) mass is 314 g/mol. The first-order valence-corrected chi connectivity index (χ1v) is 8.49. The van der Waals surface area contributed by atoms with E-state index in [1.54, 1.807) is 18.2 Å². The third-order valence-electron chi connectivity index (χ3n) is 2.73. The first-order valence-electron chi connectivity index (χ1n) is 6.67. The number of sulfone groups is 1. The van der Waals surface area contributed by atoms with Crippen LogP contribution in [0.1, 0.15) is 20.3 Å². The zero-order valence-electron chi connectivity index (χ0n) is 12.5. The number of ether oxygens (including phenoxy) is 1. The molecule has 0 aliphatic heterocycles. The smallest absolute Gasteiger partial charge is 0.225 e. The zero-order valence-corrected chi connectivity index (χ0v) is 13.4. The Morgan fingerprint density at radius 3 is 2.62 bits per heavy atom. The second-order valence-electron chi connectivity index (χ2n) is 5.27. The number of carbonyl (C=O) groups is 1. The second-order valence-corrected chi connectivity index (χ2v) is 7.49. The van der Waals surface area contributed by atoms with Crippen LogP contribution < -0.4 is 15.8 Å². The van der Waals surface area contributed by atoms with Gasteiger partial charge in [0.15, 0.2) is 9.84 Å². The minimum Gasteiger partial charge on any atom is -0.494 e. The summed E-state index contributed by atoms with van der Waals surface area (Å²) < 4.78 is 28.6. The van der Waals surface area contributed by atoms with E-state index in [1.165, 1.54) is 7.11 Å². The fourth-order valence-corrected chi connectivity index (χ4v) is 3.54. The van der Waals surface area contributed by atoms with Crippen LogP contribution in [-0.4, -0.2) is 32.9 Å². The molecule has 1 rings (SSSR count). The molecule has 1 amide bonds. The molecule has 0 aliphatic rings. The summed E-state index contributed by atoms with van der Waals surface area (Å²) in [5, 5.41) is 2.63. The van der Waals surface area contributed by atoms with Crippen LogP contribution in [0.4, 0.5) is 11.4 Å². The average Bonchev–Trinajstić information content (AvgIpc) is 2.37. The van der Waals surface area contributed by atoms with E-state index >= 15 is 0 Å². The molecule has 3 N–H and O–H groups in total. The highest BCUT2D eigenvalue weighted by atomic mass is 32.2. The van der Waals surface area contributed by atoms with Crippen LogP contribution in [0.15, 0.2) is 18.2 Å². The number of anilines is 2. The Kier molecular flexibility index (Phi) is 6.02. The highest BCUT2D eigenvalue weighted by Gasteiger charge is 2.16. The molecule has 0 spiro atoms. The molecule has 1 aromatic rings. The molecular weight excluding hydrogens is 292 g/mol. The summed E-state index contributed by atoms with van der Waals surface area (Å²) in [5.41, 5.74) is 6.61. The Morgan fingerprint density at radius 1 is 1.38 bits per heavy atom. The maximum absolute atomic E-state index is 11.8. The Labute approximate surface area is 125 Å². The lowest BCUT2D eigenvalue weighted by Crippen LogP contribution is -2.21. The van der Waals surface area contributed by atoms with Crippen molar-refractivity contribution in [2.75, 3.05) is 29.7 Å². The molecule has 0 aromatic heterocycles. The molecule has 1 aromatic carbocycles. The normalized spacial score (nSPS) is 11.4. The summed E-state index contributed by atoms with van der Waals surface area (Å²) in [6, 6.07) is 4.84. The zero-order chi connectivity index (χ0) is 16.0. The van der Waals surface area contributed by atoms with Crippen molar-refractivity contribution in [2.24, 2.45) is 5.92 Å². The maximum Gasteiger partial charge on any atom is 0.225 e. The lowest BCUT2D eigenvalue weighted by atomic mass is 10.2. The summed E-state index contributed by atoms with van der Waals surface area (Å²) in [5.74, 6) is 0.0498. The largest absolute Gasteiger partial charge is 0.494 e. The molecule has 6 nitrogen and oxygen atoms in total. The van der Waals surface area contributed by atoms with Gasteiger partial charge in [0.1, 0.15) is 5.75 Å². The number of rotatable bonds is 7. The van der Waals surface area contributed by atoms with Gasteiger partial charge in [-0.25, -0.2) is 8.42 Å². The Bertz CT molecular complexity index is 597. The van der Waals surface area contributed by atoms with Gasteiger partial charge in [-0.3, -0.25) is 4.79 Å². The van der Waals surface area contributed by atoms with E-state index in [2.05, 4.69) is 5.32 Å². The SMILES string of the molecule is COc1cc(N)ccc1NC(=O)CCS(=O)(=O)CC(C)C. The molecule has 7 heteroatoms. The van der Waals surface area contributed by atoms with Crippen LogP contribution in [-0.2, 0) is 14.6 Å². The van der Waals surface area contributed by atoms with Gasteiger partial charge < -0.3 is 15.8 Å². The fourth-order valence-electron chi connectivity index (χ4n) is 1.86. The van der Waals surface area contributed by atoms with Gasteiger partial charge >= 0.3 is 0 Å². The van der Waals surface area contributed by atoms with Crippen molar-refractivity contribution in [3.63, 3.8) is 0 Å². The molecule has 0 atom stereocenters. The van der Waals surface area contributed by atoms with Crippen molar-refractivity contribution in [3.05, 3.63) is 18.2 Å². The van der Waals surface area contributed by atoms with E-state index in [4.69, 9.17) is 10.5 Å². The lowest BCUT2D eigenvalue weighted by molar-refractivity contribution is -0.115. The summed E-state index contributed by atoms with van der Waals surface area (Å²) in [7, 11) is -1.73. The summed E-state index contributed by atoms with van der Waals surface area (Å²) in [6.07, 6.45) is -0.0808. The number of carbonyl (C=O) groups excluding carboxylic acids is 1. The van der Waals surface area contributed by atoms with Crippen LogP contribution in [0.3, 0.4) is 0 Å². The average molecular weight is 314 g/mol. The van der Waals surface area contributed by atoms with Gasteiger partial charge in [-0.15, -0.1) is 0 Å². The van der Waals surface area contributed by atoms with Crippen molar-refractivity contribution in [1.82, 2.24) is 0 Å². The van der Waals surface area contributed by atoms with Crippen molar-refractivity contribution in [2.45, 2.75) is 20.3 Å². The van der Waals surface area contributed by atoms with Crippen molar-refractivity contribution in [3.8, 4) is 5.75 Å². The number of amides is 1. The topological polar surface area (TPSA) is 98.5 Å². The molecule has 118 valence electrons. The Morgan fingerprint density at radius 2 is 2.05 bits per heavy atom. The number of nitrogen functional groups attached to an aromatic ring is 1. The van der Waals surface area contributed by atoms with Crippen molar-refractivity contribution < 1.29 is 17.9 Å². The summed E-state index contributed by atoms with van der Waals surface area (Å²) >= 11 is 0. The molecular formula is C14H22N2O4S. The van der Waals surface area contributed by atoms with Crippen molar-refractivity contribution >= 4 is 27.1 Å². The number of nitrogens with one attached hydrogen (secondary N) is 1. The molecule has 0 heterocycles. The number of methoxy groups -OCH3 is 1.